The van der Waals surface area contributed by atoms with E-state index < -0.39 is 0 Å². The molecule has 1 aromatic carbocycles. The zero-order valence-corrected chi connectivity index (χ0v) is 11.5. The molecule has 0 radical (unpaired) electrons. The third-order valence-corrected chi connectivity index (χ3v) is 3.58. The van der Waals surface area contributed by atoms with Gasteiger partial charge in [0.2, 0.25) is 5.76 Å². The van der Waals surface area contributed by atoms with Crippen LogP contribution in [-0.2, 0) is 27.2 Å². The first kappa shape index (κ1) is 13.0. The van der Waals surface area contributed by atoms with E-state index in [4.69, 9.17) is 9.47 Å². The van der Waals surface area contributed by atoms with Crippen molar-refractivity contribution in [3.63, 3.8) is 0 Å². The van der Waals surface area contributed by atoms with Crippen LogP contribution in [0.5, 0.6) is 0 Å². The van der Waals surface area contributed by atoms with Gasteiger partial charge in [-0.1, -0.05) is 12.1 Å². The van der Waals surface area contributed by atoms with E-state index in [2.05, 4.69) is 23.3 Å². The van der Waals surface area contributed by atoms with Crippen LogP contribution in [-0.4, -0.2) is 37.6 Å². The van der Waals surface area contributed by atoms with Gasteiger partial charge in [-0.3, -0.25) is 4.79 Å². The van der Waals surface area contributed by atoms with Crippen LogP contribution < -0.4 is 5.32 Å². The molecule has 106 valence electrons. The molecule has 1 N–H and O–H groups in total. The van der Waals surface area contributed by atoms with Gasteiger partial charge in [0, 0.05) is 18.8 Å². The average molecular weight is 274 g/mol. The topological polar surface area (TPSA) is 50.8 Å². The van der Waals surface area contributed by atoms with E-state index in [1.165, 1.54) is 17.4 Å². The highest BCUT2D eigenvalue weighted by Crippen LogP contribution is 2.26. The summed E-state index contributed by atoms with van der Waals surface area (Å²) in [6, 6.07) is 6.02. The highest BCUT2D eigenvalue weighted by Gasteiger charge is 2.20. The molecule has 1 aromatic rings. The van der Waals surface area contributed by atoms with Gasteiger partial charge in [0.15, 0.2) is 0 Å². The number of likely N-dealkylation sites (N-methyl/N-ethyl adjacent to an activating group) is 1. The number of hydrogen-bond donors (Lipinski definition) is 1. The first-order valence-corrected chi connectivity index (χ1v) is 6.79. The second-order valence-corrected chi connectivity index (χ2v) is 5.09. The number of carbonyl (C=O) groups is 1. The summed E-state index contributed by atoms with van der Waals surface area (Å²) in [6.45, 7) is 2.82. The van der Waals surface area contributed by atoms with E-state index in [1.807, 2.05) is 12.1 Å². The molecule has 2 heterocycles. The Balaban J connectivity index is 1.79. The number of ether oxygens (including phenoxy) is 2. The second kappa shape index (κ2) is 5.54. The number of nitrogens with one attached hydrogen (secondary N) is 1. The van der Waals surface area contributed by atoms with E-state index in [9.17, 15) is 4.79 Å². The largest absolute Gasteiger partial charge is 0.494 e. The number of rotatable bonds is 2. The minimum atomic E-state index is -0.253. The van der Waals surface area contributed by atoms with Crippen LogP contribution in [0, 0.1) is 0 Å². The van der Waals surface area contributed by atoms with E-state index >= 15 is 0 Å². The Morgan fingerprint density at radius 3 is 3.05 bits per heavy atom. The van der Waals surface area contributed by atoms with Crippen molar-refractivity contribution < 1.29 is 14.3 Å². The highest BCUT2D eigenvalue weighted by molar-refractivity contribution is 6.02. The molecule has 0 atom stereocenters. The minimum absolute atomic E-state index is 0.238. The van der Waals surface area contributed by atoms with Gasteiger partial charge in [0.05, 0.1) is 0 Å². The number of fused-ring (bicyclic) bond motifs is 1. The van der Waals surface area contributed by atoms with Gasteiger partial charge in [-0.2, -0.15) is 0 Å². The lowest BCUT2D eigenvalue weighted by molar-refractivity contribution is -0.117. The summed E-state index contributed by atoms with van der Waals surface area (Å²) in [7, 11) is 2.10. The van der Waals surface area contributed by atoms with Crippen LogP contribution in [0.3, 0.4) is 0 Å². The minimum Gasteiger partial charge on any atom is -0.494 e. The number of benzene rings is 1. The first-order valence-electron chi connectivity index (χ1n) is 6.79. The normalized spacial score (nSPS) is 18.4. The molecule has 5 nitrogen and oxygen atoms in total. The molecule has 5 heteroatoms. The molecule has 1 amide bonds. The summed E-state index contributed by atoms with van der Waals surface area (Å²) in [5, 5.41) is 2.92. The smallest absolute Gasteiger partial charge is 0.294 e. The Bertz CT molecular complexity index is 554. The fourth-order valence-electron chi connectivity index (χ4n) is 2.54. The van der Waals surface area contributed by atoms with E-state index in [0.29, 0.717) is 13.2 Å². The molecule has 0 unspecified atom stereocenters. The Morgan fingerprint density at radius 1 is 1.35 bits per heavy atom. The van der Waals surface area contributed by atoms with Crippen molar-refractivity contribution in [2.45, 2.75) is 13.0 Å². The molecule has 0 spiro atoms. The molecule has 3 rings (SSSR count). The van der Waals surface area contributed by atoms with Gasteiger partial charge >= 0.3 is 0 Å². The lowest BCUT2D eigenvalue weighted by Gasteiger charge is -2.27. The molecule has 0 bridgehead atoms. The van der Waals surface area contributed by atoms with E-state index in [0.717, 1.165) is 25.2 Å². The van der Waals surface area contributed by atoms with Gasteiger partial charge in [-0.25, -0.2) is 0 Å². The maximum absolute atomic E-state index is 12.1. The van der Waals surface area contributed by atoms with E-state index in [-0.39, 0.29) is 11.7 Å². The fourth-order valence-corrected chi connectivity index (χ4v) is 2.54. The van der Waals surface area contributed by atoms with Crippen LogP contribution in [0.4, 0.5) is 5.69 Å². The highest BCUT2D eigenvalue weighted by atomic mass is 16.6. The monoisotopic (exact) mass is 274 g/mol. The quantitative estimate of drug-likeness (QED) is 0.888. The van der Waals surface area contributed by atoms with Crippen LogP contribution in [0.15, 0.2) is 30.2 Å². The molecule has 2 aliphatic heterocycles. The second-order valence-electron chi connectivity index (χ2n) is 5.09. The van der Waals surface area contributed by atoms with Crippen molar-refractivity contribution in [2.24, 2.45) is 0 Å². The standard InChI is InChI=1S/C15H18N2O3/c1-17-6-5-12-11(9-17)3-2-4-13(12)16-15(18)14-10-19-7-8-20-14/h2-4,10H,5-9H2,1H3,(H,16,18). The Kier molecular flexibility index (Phi) is 3.60. The Labute approximate surface area is 118 Å². The van der Waals surface area contributed by atoms with Crippen molar-refractivity contribution in [3.8, 4) is 0 Å². The summed E-state index contributed by atoms with van der Waals surface area (Å²) in [4.78, 5) is 14.4. The molecule has 0 aliphatic carbocycles. The number of anilines is 1. The average Bonchev–Trinajstić information content (AvgIpc) is 2.48. The Hall–Kier alpha value is -2.01. The van der Waals surface area contributed by atoms with Crippen molar-refractivity contribution in [1.82, 2.24) is 4.90 Å². The van der Waals surface area contributed by atoms with Gasteiger partial charge in [0.25, 0.3) is 5.91 Å². The third-order valence-electron chi connectivity index (χ3n) is 3.58. The van der Waals surface area contributed by atoms with Crippen LogP contribution in [0.2, 0.25) is 0 Å². The van der Waals surface area contributed by atoms with Crippen LogP contribution >= 0.6 is 0 Å². The molecular formula is C15H18N2O3. The lowest BCUT2D eigenvalue weighted by atomic mass is 9.98. The number of nitrogens with zero attached hydrogens (tertiary/aromatic N) is 1. The Morgan fingerprint density at radius 2 is 2.25 bits per heavy atom. The predicted octanol–water partition coefficient (Wildman–Crippen LogP) is 1.50. The zero-order chi connectivity index (χ0) is 13.9. The van der Waals surface area contributed by atoms with Gasteiger partial charge in [0.1, 0.15) is 19.5 Å². The van der Waals surface area contributed by atoms with Crippen LogP contribution in [0.25, 0.3) is 0 Å². The molecule has 0 fully saturated rings. The number of amides is 1. The fraction of sp³-hybridized carbons (Fsp3) is 0.400. The summed E-state index contributed by atoms with van der Waals surface area (Å²) < 4.78 is 10.4. The summed E-state index contributed by atoms with van der Waals surface area (Å²) >= 11 is 0. The zero-order valence-electron chi connectivity index (χ0n) is 11.5. The van der Waals surface area contributed by atoms with Crippen molar-refractivity contribution in [2.75, 3.05) is 32.1 Å². The molecule has 0 saturated carbocycles. The molecule has 0 aromatic heterocycles. The van der Waals surface area contributed by atoms with E-state index in [1.54, 1.807) is 0 Å². The third kappa shape index (κ3) is 2.63. The summed E-state index contributed by atoms with van der Waals surface area (Å²) in [5.74, 6) is -0.0150. The van der Waals surface area contributed by atoms with Crippen molar-refractivity contribution >= 4 is 11.6 Å². The molecular weight excluding hydrogens is 256 g/mol. The number of hydrogen-bond acceptors (Lipinski definition) is 4. The van der Waals surface area contributed by atoms with Gasteiger partial charge in [-0.15, -0.1) is 0 Å². The maximum Gasteiger partial charge on any atom is 0.294 e. The molecule has 20 heavy (non-hydrogen) atoms. The maximum atomic E-state index is 12.1. The molecule has 0 saturated heterocycles. The summed E-state index contributed by atoms with van der Waals surface area (Å²) in [6.07, 6.45) is 2.32. The predicted molar refractivity (Wildman–Crippen MR) is 75.1 cm³/mol. The van der Waals surface area contributed by atoms with Crippen LogP contribution in [0.1, 0.15) is 11.1 Å². The van der Waals surface area contributed by atoms with Crippen molar-refractivity contribution in [3.05, 3.63) is 41.3 Å². The van der Waals surface area contributed by atoms with Gasteiger partial charge < -0.3 is 19.7 Å². The lowest BCUT2D eigenvalue weighted by Crippen LogP contribution is -2.28. The SMILES string of the molecule is CN1CCc2c(cccc2NC(=O)C2=COCCO2)C1. The number of carbonyl (C=O) groups excluding carboxylic acids is 1. The molecule has 2 aliphatic rings. The summed E-state index contributed by atoms with van der Waals surface area (Å²) in [5.41, 5.74) is 3.36. The van der Waals surface area contributed by atoms with Gasteiger partial charge in [-0.05, 0) is 30.7 Å². The van der Waals surface area contributed by atoms with Crippen molar-refractivity contribution in [1.29, 1.82) is 0 Å². The first-order chi connectivity index (χ1) is 9.74.